The fraction of sp³-hybridized carbons (Fsp3) is 0.467. The maximum Gasteiger partial charge on any atom is 0.416 e. The summed E-state index contributed by atoms with van der Waals surface area (Å²) in [5, 5.41) is 0. The number of hydrogen-bond donors (Lipinski definition) is 0. The number of fused-ring (bicyclic) bond motifs is 1. The van der Waals surface area contributed by atoms with Crippen molar-refractivity contribution >= 4 is 39.8 Å². The Morgan fingerprint density at radius 2 is 2.26 bits per heavy atom. The number of halogens is 1. The van der Waals surface area contributed by atoms with Gasteiger partial charge in [0.1, 0.15) is 16.5 Å². The van der Waals surface area contributed by atoms with E-state index in [-0.39, 0.29) is 12.0 Å². The van der Waals surface area contributed by atoms with Gasteiger partial charge in [-0.15, -0.1) is 0 Å². The number of ether oxygens (including phenoxy) is 1. The highest BCUT2D eigenvalue weighted by Gasteiger charge is 2.47. The van der Waals surface area contributed by atoms with E-state index in [0.29, 0.717) is 22.5 Å². The standard InChI is InChI=1S/C15H17BrN4O3/c1-15(2,3)23-14(22)20(10-6-9(10)8-21)13-12-17-4-5-19(12)7-11(16)18-13/h4-5,7-10H,6H2,1-3H3. The highest BCUT2D eigenvalue weighted by Crippen LogP contribution is 2.38. The van der Waals surface area contributed by atoms with Gasteiger partial charge in [-0.05, 0) is 43.1 Å². The summed E-state index contributed by atoms with van der Waals surface area (Å²) in [6.07, 6.45) is 6.09. The topological polar surface area (TPSA) is 76.8 Å². The van der Waals surface area contributed by atoms with Crippen molar-refractivity contribution in [1.82, 2.24) is 14.4 Å². The van der Waals surface area contributed by atoms with Crippen molar-refractivity contribution < 1.29 is 14.3 Å². The molecule has 0 spiro atoms. The Morgan fingerprint density at radius 3 is 2.87 bits per heavy atom. The molecule has 2 atom stereocenters. The molecule has 2 aromatic heterocycles. The van der Waals surface area contributed by atoms with Crippen LogP contribution in [0.15, 0.2) is 23.2 Å². The fourth-order valence-electron chi connectivity index (χ4n) is 2.38. The zero-order valence-corrected chi connectivity index (χ0v) is 14.6. The molecule has 2 aromatic rings. The van der Waals surface area contributed by atoms with Gasteiger partial charge in [0.15, 0.2) is 11.5 Å². The van der Waals surface area contributed by atoms with Gasteiger partial charge in [-0.2, -0.15) is 0 Å². The molecule has 3 rings (SSSR count). The number of hydrogen-bond acceptors (Lipinski definition) is 5. The van der Waals surface area contributed by atoms with Crippen LogP contribution in [0.5, 0.6) is 0 Å². The van der Waals surface area contributed by atoms with E-state index in [2.05, 4.69) is 25.9 Å². The van der Waals surface area contributed by atoms with Gasteiger partial charge in [0.2, 0.25) is 0 Å². The Kier molecular flexibility index (Phi) is 3.87. The number of aldehydes is 1. The van der Waals surface area contributed by atoms with Gasteiger partial charge < -0.3 is 13.9 Å². The lowest BCUT2D eigenvalue weighted by Crippen LogP contribution is -2.40. The predicted molar refractivity (Wildman–Crippen MR) is 87.4 cm³/mol. The van der Waals surface area contributed by atoms with E-state index in [9.17, 15) is 9.59 Å². The van der Waals surface area contributed by atoms with Gasteiger partial charge in [0, 0.05) is 24.5 Å². The third-order valence-electron chi connectivity index (χ3n) is 3.46. The van der Waals surface area contributed by atoms with Crippen LogP contribution in [0.3, 0.4) is 0 Å². The first-order valence-corrected chi connectivity index (χ1v) is 8.06. The lowest BCUT2D eigenvalue weighted by Gasteiger charge is -2.27. The third kappa shape index (κ3) is 3.21. The molecule has 0 radical (unpaired) electrons. The smallest absolute Gasteiger partial charge is 0.416 e. The van der Waals surface area contributed by atoms with E-state index in [4.69, 9.17) is 4.74 Å². The minimum Gasteiger partial charge on any atom is -0.443 e. The van der Waals surface area contributed by atoms with Gasteiger partial charge >= 0.3 is 6.09 Å². The molecule has 1 saturated carbocycles. The van der Waals surface area contributed by atoms with Crippen LogP contribution >= 0.6 is 15.9 Å². The summed E-state index contributed by atoms with van der Waals surface area (Å²) in [7, 11) is 0. The molecule has 0 N–H and O–H groups in total. The zero-order chi connectivity index (χ0) is 16.8. The molecule has 2 unspecified atom stereocenters. The van der Waals surface area contributed by atoms with Crippen LogP contribution in [0.2, 0.25) is 0 Å². The Bertz CT molecular complexity index is 768. The highest BCUT2D eigenvalue weighted by atomic mass is 79.9. The maximum atomic E-state index is 12.7. The predicted octanol–water partition coefficient (Wildman–Crippen LogP) is 2.82. The number of aromatic nitrogens is 3. The highest BCUT2D eigenvalue weighted by molar-refractivity contribution is 9.10. The molecule has 1 aliphatic rings. The molecule has 0 aliphatic heterocycles. The number of amides is 1. The van der Waals surface area contributed by atoms with Crippen LogP contribution in [0.4, 0.5) is 10.6 Å². The van der Waals surface area contributed by atoms with Crippen molar-refractivity contribution in [1.29, 1.82) is 0 Å². The van der Waals surface area contributed by atoms with Crippen LogP contribution < -0.4 is 4.90 Å². The summed E-state index contributed by atoms with van der Waals surface area (Å²) in [6, 6.07) is -0.246. The summed E-state index contributed by atoms with van der Waals surface area (Å²) in [5.74, 6) is 0.186. The number of carbonyl (C=O) groups excluding carboxylic acids is 2. The average molecular weight is 381 g/mol. The van der Waals surface area contributed by atoms with Gasteiger partial charge in [0.05, 0.1) is 6.04 Å². The van der Waals surface area contributed by atoms with Gasteiger partial charge in [-0.25, -0.2) is 14.8 Å². The molecule has 0 saturated heterocycles. The SMILES string of the molecule is CC(C)(C)OC(=O)N(c1nc(Br)cn2ccnc12)C1CC1C=O. The molecule has 8 heteroatoms. The number of imidazole rings is 1. The quantitative estimate of drug-likeness (QED) is 0.765. The van der Waals surface area contributed by atoms with Crippen LogP contribution in [0.1, 0.15) is 27.2 Å². The molecule has 23 heavy (non-hydrogen) atoms. The van der Waals surface area contributed by atoms with Crippen molar-refractivity contribution in [2.24, 2.45) is 5.92 Å². The molecule has 2 heterocycles. The van der Waals surface area contributed by atoms with E-state index in [1.165, 1.54) is 4.90 Å². The van der Waals surface area contributed by atoms with Gasteiger partial charge in [-0.1, -0.05) is 0 Å². The lowest BCUT2D eigenvalue weighted by atomic mass is 10.2. The number of nitrogens with zero attached hydrogens (tertiary/aromatic N) is 4. The largest absolute Gasteiger partial charge is 0.443 e. The van der Waals surface area contributed by atoms with Crippen molar-refractivity contribution in [2.75, 3.05) is 4.90 Å². The van der Waals surface area contributed by atoms with Crippen molar-refractivity contribution in [2.45, 2.75) is 38.8 Å². The Morgan fingerprint density at radius 1 is 1.52 bits per heavy atom. The van der Waals surface area contributed by atoms with Gasteiger partial charge in [-0.3, -0.25) is 4.90 Å². The molecule has 1 amide bonds. The van der Waals surface area contributed by atoms with Crippen molar-refractivity contribution in [3.8, 4) is 0 Å². The second-order valence-corrected chi connectivity index (χ2v) is 7.31. The average Bonchev–Trinajstić information content (AvgIpc) is 3.03. The molecule has 0 bridgehead atoms. The normalized spacial score (nSPS) is 20.3. The Labute approximate surface area is 141 Å². The van der Waals surface area contributed by atoms with E-state index < -0.39 is 11.7 Å². The summed E-state index contributed by atoms with van der Waals surface area (Å²) >= 11 is 3.34. The second-order valence-electron chi connectivity index (χ2n) is 6.50. The number of rotatable bonds is 3. The lowest BCUT2D eigenvalue weighted by molar-refractivity contribution is -0.108. The first-order valence-electron chi connectivity index (χ1n) is 7.27. The van der Waals surface area contributed by atoms with E-state index >= 15 is 0 Å². The fourth-order valence-corrected chi connectivity index (χ4v) is 2.77. The van der Waals surface area contributed by atoms with E-state index in [1.807, 2.05) is 0 Å². The molecular weight excluding hydrogens is 364 g/mol. The van der Waals surface area contributed by atoms with Crippen LogP contribution in [0.25, 0.3) is 5.65 Å². The summed E-state index contributed by atoms with van der Waals surface area (Å²) in [6.45, 7) is 5.39. The zero-order valence-electron chi connectivity index (χ0n) is 13.1. The molecule has 1 fully saturated rings. The van der Waals surface area contributed by atoms with E-state index in [1.54, 1.807) is 43.8 Å². The van der Waals surface area contributed by atoms with Crippen LogP contribution in [-0.4, -0.2) is 38.4 Å². The first kappa shape index (κ1) is 15.9. The monoisotopic (exact) mass is 380 g/mol. The molecule has 0 aromatic carbocycles. The summed E-state index contributed by atoms with van der Waals surface area (Å²) < 4.78 is 7.82. The van der Waals surface area contributed by atoms with Crippen molar-refractivity contribution in [3.63, 3.8) is 0 Å². The number of anilines is 1. The van der Waals surface area contributed by atoms with Crippen LogP contribution in [0, 0.1) is 5.92 Å². The second kappa shape index (κ2) is 5.59. The molecular formula is C15H17BrN4O3. The number of carbonyl (C=O) groups is 2. The Hall–Kier alpha value is -1.96. The molecule has 1 aliphatic carbocycles. The van der Waals surface area contributed by atoms with Crippen LogP contribution in [-0.2, 0) is 9.53 Å². The third-order valence-corrected chi connectivity index (χ3v) is 3.84. The summed E-state index contributed by atoms with van der Waals surface area (Å²) in [4.78, 5) is 33.8. The summed E-state index contributed by atoms with van der Waals surface area (Å²) in [5.41, 5.74) is -0.103. The van der Waals surface area contributed by atoms with Gasteiger partial charge in [0.25, 0.3) is 0 Å². The molecule has 122 valence electrons. The Balaban J connectivity index is 2.05. The minimum absolute atomic E-state index is 0.196. The van der Waals surface area contributed by atoms with E-state index in [0.717, 1.165) is 6.29 Å². The minimum atomic E-state index is -0.640. The molecule has 7 nitrogen and oxygen atoms in total. The maximum absolute atomic E-state index is 12.7. The first-order chi connectivity index (χ1) is 10.8. The van der Waals surface area contributed by atoms with Crippen molar-refractivity contribution in [3.05, 3.63) is 23.2 Å².